The molecule has 0 spiro atoms. The summed E-state index contributed by atoms with van der Waals surface area (Å²) in [5.74, 6) is -0.619. The molecule has 2 rings (SSSR count). The third-order valence-corrected chi connectivity index (χ3v) is 3.25. The predicted molar refractivity (Wildman–Crippen MR) is 76.3 cm³/mol. The molecule has 0 aliphatic heterocycles. The first kappa shape index (κ1) is 15.8. The minimum Gasteiger partial charge on any atom is -0.321 e. The van der Waals surface area contributed by atoms with Crippen molar-refractivity contribution in [2.75, 3.05) is 5.32 Å². The predicted octanol–water partition coefficient (Wildman–Crippen LogP) is 4.77. The molecule has 0 aliphatic rings. The summed E-state index contributed by atoms with van der Waals surface area (Å²) in [6, 6.07) is 7.80. The Morgan fingerprint density at radius 2 is 1.95 bits per heavy atom. The van der Waals surface area contributed by atoms with E-state index in [1.165, 1.54) is 12.1 Å². The van der Waals surface area contributed by atoms with Crippen LogP contribution in [-0.2, 0) is 6.18 Å². The highest BCUT2D eigenvalue weighted by Gasteiger charge is 2.33. The highest BCUT2D eigenvalue weighted by atomic mass is 79.9. The lowest BCUT2D eigenvalue weighted by molar-refractivity contribution is -0.137. The molecular weight excluding hydrogens is 373 g/mol. The van der Waals surface area contributed by atoms with Crippen molar-refractivity contribution in [3.8, 4) is 0 Å². The molecule has 1 aromatic heterocycles. The lowest BCUT2D eigenvalue weighted by Crippen LogP contribution is -2.14. The first-order valence-electron chi connectivity index (χ1n) is 5.58. The van der Waals surface area contributed by atoms with Crippen LogP contribution in [0.3, 0.4) is 0 Å². The average molecular weight is 380 g/mol. The van der Waals surface area contributed by atoms with Crippen molar-refractivity contribution in [2.45, 2.75) is 6.18 Å². The number of carbonyl (C=O) groups excluding carboxylic acids is 1. The smallest absolute Gasteiger partial charge is 0.321 e. The Morgan fingerprint density at radius 1 is 1.24 bits per heavy atom. The monoisotopic (exact) mass is 378 g/mol. The summed E-state index contributed by atoms with van der Waals surface area (Å²) in [6.45, 7) is 0. The fraction of sp³-hybridized carbons (Fsp3) is 0.0769. The first-order valence-corrected chi connectivity index (χ1v) is 6.75. The highest BCUT2D eigenvalue weighted by Crippen LogP contribution is 2.36. The van der Waals surface area contributed by atoms with Crippen LogP contribution < -0.4 is 5.32 Å². The molecule has 3 nitrogen and oxygen atoms in total. The van der Waals surface area contributed by atoms with E-state index < -0.39 is 22.7 Å². The van der Waals surface area contributed by atoms with E-state index in [1.807, 2.05) is 0 Å². The Kier molecular flexibility index (Phi) is 4.53. The molecule has 0 saturated heterocycles. The van der Waals surface area contributed by atoms with Gasteiger partial charge in [-0.2, -0.15) is 13.2 Å². The zero-order chi connectivity index (χ0) is 15.6. The van der Waals surface area contributed by atoms with Gasteiger partial charge >= 0.3 is 6.18 Å². The minimum absolute atomic E-state index is 0.0153. The van der Waals surface area contributed by atoms with Crippen LogP contribution in [0.1, 0.15) is 16.1 Å². The first-order chi connectivity index (χ1) is 9.77. The Morgan fingerprint density at radius 3 is 2.57 bits per heavy atom. The van der Waals surface area contributed by atoms with Gasteiger partial charge in [-0.1, -0.05) is 17.7 Å². The van der Waals surface area contributed by atoms with Crippen molar-refractivity contribution in [3.63, 3.8) is 0 Å². The summed E-state index contributed by atoms with van der Waals surface area (Å²) in [5, 5.41) is 1.91. The van der Waals surface area contributed by atoms with Gasteiger partial charge in [-0.05, 0) is 46.3 Å². The van der Waals surface area contributed by atoms with Crippen molar-refractivity contribution in [3.05, 3.63) is 57.3 Å². The maximum atomic E-state index is 12.7. The zero-order valence-electron chi connectivity index (χ0n) is 10.2. The minimum atomic E-state index is -4.59. The molecule has 0 bridgehead atoms. The summed E-state index contributed by atoms with van der Waals surface area (Å²) in [6.07, 6.45) is -4.59. The summed E-state index contributed by atoms with van der Waals surface area (Å²) in [4.78, 5) is 15.8. The molecule has 21 heavy (non-hydrogen) atoms. The fourth-order valence-electron chi connectivity index (χ4n) is 1.55. The maximum absolute atomic E-state index is 12.7. The second kappa shape index (κ2) is 6.03. The van der Waals surface area contributed by atoms with Gasteiger partial charge in [0, 0.05) is 5.69 Å². The number of hydrogen-bond acceptors (Lipinski definition) is 2. The van der Waals surface area contributed by atoms with Crippen LogP contribution in [0.15, 0.2) is 41.0 Å². The number of halogens is 5. The molecule has 1 amide bonds. The van der Waals surface area contributed by atoms with E-state index in [0.29, 0.717) is 4.60 Å². The van der Waals surface area contributed by atoms with Crippen LogP contribution in [-0.4, -0.2) is 10.9 Å². The Labute approximate surface area is 131 Å². The molecule has 0 atom stereocenters. The number of benzene rings is 1. The number of nitrogens with zero attached hydrogens (tertiary/aromatic N) is 1. The molecule has 0 unspecified atom stereocenters. The normalized spacial score (nSPS) is 11.3. The third-order valence-electron chi connectivity index (χ3n) is 2.48. The topological polar surface area (TPSA) is 42.0 Å². The van der Waals surface area contributed by atoms with E-state index in [0.717, 1.165) is 12.1 Å². The third kappa shape index (κ3) is 3.95. The van der Waals surface area contributed by atoms with Gasteiger partial charge in [0.05, 0.1) is 10.6 Å². The van der Waals surface area contributed by atoms with Gasteiger partial charge in [0.2, 0.25) is 0 Å². The van der Waals surface area contributed by atoms with E-state index in [1.54, 1.807) is 12.1 Å². The van der Waals surface area contributed by atoms with Gasteiger partial charge in [-0.3, -0.25) is 4.79 Å². The van der Waals surface area contributed by atoms with Gasteiger partial charge in [0.25, 0.3) is 5.91 Å². The number of alkyl halides is 3. The standard InChI is InChI=1S/C13H7BrClF3N2O/c14-11-3-1-2-10(20-11)12(21)19-7-4-5-9(15)8(6-7)13(16,17)18/h1-6H,(H,19,21). The van der Waals surface area contributed by atoms with E-state index in [2.05, 4.69) is 26.2 Å². The number of anilines is 1. The number of pyridine rings is 1. The second-order valence-corrected chi connectivity index (χ2v) is 5.21. The Balaban J connectivity index is 2.26. The number of nitrogens with one attached hydrogen (secondary N) is 1. The van der Waals surface area contributed by atoms with Crippen molar-refractivity contribution < 1.29 is 18.0 Å². The number of aromatic nitrogens is 1. The molecule has 8 heteroatoms. The van der Waals surface area contributed by atoms with E-state index >= 15 is 0 Å². The van der Waals surface area contributed by atoms with E-state index in [-0.39, 0.29) is 11.4 Å². The summed E-state index contributed by atoms with van der Waals surface area (Å²) in [5.41, 5.74) is -0.949. The van der Waals surface area contributed by atoms with Crippen molar-refractivity contribution in [1.29, 1.82) is 0 Å². The van der Waals surface area contributed by atoms with Crippen LogP contribution >= 0.6 is 27.5 Å². The molecule has 1 aromatic carbocycles. The quantitative estimate of drug-likeness (QED) is 0.764. The number of rotatable bonds is 2. The molecule has 0 aliphatic carbocycles. The lowest BCUT2D eigenvalue weighted by Gasteiger charge is -2.11. The molecule has 0 radical (unpaired) electrons. The molecule has 110 valence electrons. The van der Waals surface area contributed by atoms with E-state index in [4.69, 9.17) is 11.6 Å². The van der Waals surface area contributed by atoms with Crippen LogP contribution in [0.25, 0.3) is 0 Å². The summed E-state index contributed by atoms with van der Waals surface area (Å²) < 4.78 is 38.6. The highest BCUT2D eigenvalue weighted by molar-refractivity contribution is 9.10. The summed E-state index contributed by atoms with van der Waals surface area (Å²) in [7, 11) is 0. The van der Waals surface area contributed by atoms with Gasteiger partial charge in [0.1, 0.15) is 10.3 Å². The molecule has 0 fully saturated rings. The largest absolute Gasteiger partial charge is 0.417 e. The van der Waals surface area contributed by atoms with Crippen molar-refractivity contribution >= 4 is 39.1 Å². The average Bonchev–Trinajstić information content (AvgIpc) is 2.39. The molecular formula is C13H7BrClF3N2O. The lowest BCUT2D eigenvalue weighted by atomic mass is 10.2. The van der Waals surface area contributed by atoms with E-state index in [9.17, 15) is 18.0 Å². The SMILES string of the molecule is O=C(Nc1ccc(Cl)c(C(F)(F)F)c1)c1cccc(Br)n1. The van der Waals surface area contributed by atoms with Crippen molar-refractivity contribution in [1.82, 2.24) is 4.98 Å². The maximum Gasteiger partial charge on any atom is 0.417 e. The van der Waals surface area contributed by atoms with Crippen molar-refractivity contribution in [2.24, 2.45) is 0 Å². The Bertz CT molecular complexity index is 691. The van der Waals surface area contributed by atoms with Crippen LogP contribution in [0.2, 0.25) is 5.02 Å². The Hall–Kier alpha value is -1.60. The molecule has 2 aromatic rings. The van der Waals surface area contributed by atoms with Crippen LogP contribution in [0, 0.1) is 0 Å². The van der Waals surface area contributed by atoms with Crippen LogP contribution in [0.5, 0.6) is 0 Å². The zero-order valence-corrected chi connectivity index (χ0v) is 12.6. The molecule has 0 saturated carbocycles. The summed E-state index contributed by atoms with van der Waals surface area (Å²) >= 11 is 8.61. The number of amides is 1. The fourth-order valence-corrected chi connectivity index (χ4v) is 2.12. The van der Waals surface area contributed by atoms with Gasteiger partial charge < -0.3 is 5.32 Å². The van der Waals surface area contributed by atoms with Gasteiger partial charge in [0.15, 0.2) is 0 Å². The number of hydrogen-bond donors (Lipinski definition) is 1. The second-order valence-electron chi connectivity index (χ2n) is 3.99. The van der Waals surface area contributed by atoms with Gasteiger partial charge in [-0.25, -0.2) is 4.98 Å². The van der Waals surface area contributed by atoms with Crippen LogP contribution in [0.4, 0.5) is 18.9 Å². The molecule has 1 N–H and O–H groups in total. The number of carbonyl (C=O) groups is 1. The van der Waals surface area contributed by atoms with Gasteiger partial charge in [-0.15, -0.1) is 0 Å². The molecule has 1 heterocycles.